The number of rotatable bonds is 5. The average molecular weight is 214 g/mol. The van der Waals surface area contributed by atoms with Crippen LogP contribution in [-0.4, -0.2) is 13.2 Å². The van der Waals surface area contributed by atoms with E-state index in [1.165, 1.54) is 0 Å². The minimum absolute atomic E-state index is 0.642. The van der Waals surface area contributed by atoms with E-state index in [0.717, 1.165) is 24.4 Å². The van der Waals surface area contributed by atoms with Gasteiger partial charge in [0.1, 0.15) is 5.75 Å². The Balaban J connectivity index is 2.83. The van der Waals surface area contributed by atoms with Gasteiger partial charge in [0.15, 0.2) is 0 Å². The Hall–Kier alpha value is -0.730. The molecule has 0 aliphatic heterocycles. The minimum atomic E-state index is 0.642. The molecule has 1 N–H and O–H groups in total. The highest BCUT2D eigenvalue weighted by Gasteiger charge is 2.06. The van der Waals surface area contributed by atoms with Crippen LogP contribution in [0.2, 0.25) is 5.02 Å². The van der Waals surface area contributed by atoms with Crippen LogP contribution in [0.3, 0.4) is 0 Å². The molecule has 0 saturated carbocycles. The number of hydrogen-bond acceptors (Lipinski definition) is 2. The zero-order valence-corrected chi connectivity index (χ0v) is 9.40. The predicted molar refractivity (Wildman–Crippen MR) is 60.0 cm³/mol. The Bertz CT molecular complexity index is 289. The fraction of sp³-hybridized carbons (Fsp3) is 0.455. The molecule has 0 aliphatic carbocycles. The normalized spacial score (nSPS) is 10.2. The molecule has 0 aromatic heterocycles. The van der Waals surface area contributed by atoms with Crippen LogP contribution in [0.25, 0.3) is 0 Å². The lowest BCUT2D eigenvalue weighted by Crippen LogP contribution is -2.13. The zero-order chi connectivity index (χ0) is 10.4. The number of nitrogens with one attached hydrogen (secondary N) is 1. The van der Waals surface area contributed by atoms with Crippen molar-refractivity contribution < 1.29 is 4.74 Å². The molecule has 2 nitrogen and oxygen atoms in total. The van der Waals surface area contributed by atoms with Crippen LogP contribution in [0.4, 0.5) is 0 Å². The van der Waals surface area contributed by atoms with Crippen molar-refractivity contribution in [1.29, 1.82) is 0 Å². The Labute approximate surface area is 90.2 Å². The summed E-state index contributed by atoms with van der Waals surface area (Å²) in [7, 11) is 0. The summed E-state index contributed by atoms with van der Waals surface area (Å²) in [4.78, 5) is 0. The van der Waals surface area contributed by atoms with Crippen molar-refractivity contribution in [3.63, 3.8) is 0 Å². The molecule has 1 rings (SSSR count). The van der Waals surface area contributed by atoms with Gasteiger partial charge in [0.25, 0.3) is 0 Å². The number of ether oxygens (including phenoxy) is 1. The van der Waals surface area contributed by atoms with Crippen LogP contribution < -0.4 is 10.1 Å². The molecule has 0 amide bonds. The molecule has 14 heavy (non-hydrogen) atoms. The topological polar surface area (TPSA) is 21.3 Å². The summed E-state index contributed by atoms with van der Waals surface area (Å²) in [6.07, 6.45) is 0. The second-order valence-electron chi connectivity index (χ2n) is 2.94. The Morgan fingerprint density at radius 2 is 2.14 bits per heavy atom. The van der Waals surface area contributed by atoms with Crippen molar-refractivity contribution in [1.82, 2.24) is 5.32 Å². The van der Waals surface area contributed by atoms with Gasteiger partial charge in [-0.1, -0.05) is 30.7 Å². The van der Waals surface area contributed by atoms with E-state index in [1.807, 2.05) is 25.1 Å². The summed E-state index contributed by atoms with van der Waals surface area (Å²) in [6, 6.07) is 5.82. The molecule has 0 atom stereocenters. The summed E-state index contributed by atoms with van der Waals surface area (Å²) in [5.74, 6) is 0.803. The Morgan fingerprint density at radius 3 is 2.79 bits per heavy atom. The number of halogens is 1. The highest BCUT2D eigenvalue weighted by molar-refractivity contribution is 6.32. The molecule has 0 unspecified atom stereocenters. The van der Waals surface area contributed by atoms with Crippen LogP contribution >= 0.6 is 11.6 Å². The van der Waals surface area contributed by atoms with Gasteiger partial charge in [-0.05, 0) is 19.5 Å². The van der Waals surface area contributed by atoms with E-state index in [4.69, 9.17) is 16.3 Å². The molecule has 0 fully saturated rings. The molecular formula is C11H16ClNO. The summed E-state index contributed by atoms with van der Waals surface area (Å²) in [5, 5.41) is 3.93. The van der Waals surface area contributed by atoms with Crippen molar-refractivity contribution in [2.24, 2.45) is 0 Å². The third kappa shape index (κ3) is 2.89. The van der Waals surface area contributed by atoms with E-state index in [1.54, 1.807) is 0 Å². The van der Waals surface area contributed by atoms with Gasteiger partial charge in [-0.2, -0.15) is 0 Å². The Morgan fingerprint density at radius 1 is 1.36 bits per heavy atom. The molecule has 1 aromatic rings. The lowest BCUT2D eigenvalue weighted by Gasteiger charge is -2.11. The summed E-state index contributed by atoms with van der Waals surface area (Å²) in [5.41, 5.74) is 1.11. The zero-order valence-electron chi connectivity index (χ0n) is 8.64. The van der Waals surface area contributed by atoms with Gasteiger partial charge in [-0.15, -0.1) is 0 Å². The van der Waals surface area contributed by atoms with Crippen LogP contribution in [0.1, 0.15) is 19.4 Å². The smallest absolute Gasteiger partial charge is 0.142 e. The Kier molecular flexibility index (Phi) is 4.77. The van der Waals surface area contributed by atoms with Crippen molar-refractivity contribution in [3.8, 4) is 5.75 Å². The fourth-order valence-electron chi connectivity index (χ4n) is 1.26. The maximum absolute atomic E-state index is 6.03. The summed E-state index contributed by atoms with van der Waals surface area (Å²) >= 11 is 6.03. The van der Waals surface area contributed by atoms with Crippen molar-refractivity contribution in [2.45, 2.75) is 20.4 Å². The fourth-order valence-corrected chi connectivity index (χ4v) is 1.51. The standard InChI is InChI=1S/C11H16ClNO/c1-3-13-8-9-6-5-7-10(12)11(9)14-4-2/h5-7,13H,3-4,8H2,1-2H3. The first-order valence-corrected chi connectivity index (χ1v) is 5.28. The van der Waals surface area contributed by atoms with Crippen molar-refractivity contribution in [2.75, 3.05) is 13.2 Å². The van der Waals surface area contributed by atoms with Crippen LogP contribution in [0.15, 0.2) is 18.2 Å². The molecule has 0 saturated heterocycles. The molecule has 0 aliphatic rings. The second-order valence-corrected chi connectivity index (χ2v) is 3.35. The maximum atomic E-state index is 6.03. The molecule has 0 radical (unpaired) electrons. The molecule has 78 valence electrons. The van der Waals surface area contributed by atoms with E-state index in [9.17, 15) is 0 Å². The molecule has 1 aromatic carbocycles. The van der Waals surface area contributed by atoms with E-state index in [0.29, 0.717) is 11.6 Å². The quantitative estimate of drug-likeness (QED) is 0.812. The number of benzene rings is 1. The van der Waals surface area contributed by atoms with Crippen LogP contribution in [-0.2, 0) is 6.54 Å². The lowest BCUT2D eigenvalue weighted by molar-refractivity contribution is 0.336. The average Bonchev–Trinajstić information content (AvgIpc) is 2.19. The van der Waals surface area contributed by atoms with Gasteiger partial charge in [0, 0.05) is 12.1 Å². The summed E-state index contributed by atoms with van der Waals surface area (Å²) < 4.78 is 5.49. The van der Waals surface area contributed by atoms with Gasteiger partial charge in [0.2, 0.25) is 0 Å². The van der Waals surface area contributed by atoms with Gasteiger partial charge in [0.05, 0.1) is 11.6 Å². The van der Waals surface area contributed by atoms with E-state index in [2.05, 4.69) is 12.2 Å². The lowest BCUT2D eigenvalue weighted by atomic mass is 10.2. The first-order valence-electron chi connectivity index (χ1n) is 4.90. The molecule has 0 spiro atoms. The minimum Gasteiger partial charge on any atom is -0.492 e. The van der Waals surface area contributed by atoms with Gasteiger partial charge < -0.3 is 10.1 Å². The van der Waals surface area contributed by atoms with E-state index in [-0.39, 0.29) is 0 Å². The van der Waals surface area contributed by atoms with Gasteiger partial charge in [-0.3, -0.25) is 0 Å². The number of para-hydroxylation sites is 1. The van der Waals surface area contributed by atoms with Gasteiger partial charge >= 0.3 is 0 Å². The van der Waals surface area contributed by atoms with E-state index >= 15 is 0 Å². The predicted octanol–water partition coefficient (Wildman–Crippen LogP) is 2.85. The summed E-state index contributed by atoms with van der Waals surface area (Å²) in [6.45, 7) is 6.42. The second kappa shape index (κ2) is 5.89. The van der Waals surface area contributed by atoms with Crippen molar-refractivity contribution >= 4 is 11.6 Å². The number of hydrogen-bond donors (Lipinski definition) is 1. The van der Waals surface area contributed by atoms with E-state index < -0.39 is 0 Å². The molecular weight excluding hydrogens is 198 g/mol. The highest BCUT2D eigenvalue weighted by atomic mass is 35.5. The van der Waals surface area contributed by atoms with Crippen LogP contribution in [0, 0.1) is 0 Å². The third-order valence-corrected chi connectivity index (χ3v) is 2.20. The van der Waals surface area contributed by atoms with Gasteiger partial charge in [-0.25, -0.2) is 0 Å². The first-order chi connectivity index (χ1) is 6.79. The molecule has 0 bridgehead atoms. The monoisotopic (exact) mass is 213 g/mol. The maximum Gasteiger partial charge on any atom is 0.142 e. The molecule has 3 heteroatoms. The highest BCUT2D eigenvalue weighted by Crippen LogP contribution is 2.28. The SMILES string of the molecule is CCNCc1cccc(Cl)c1OCC. The largest absolute Gasteiger partial charge is 0.492 e. The third-order valence-electron chi connectivity index (χ3n) is 1.90. The first kappa shape index (κ1) is 11.3. The van der Waals surface area contributed by atoms with Crippen LogP contribution in [0.5, 0.6) is 5.75 Å². The molecule has 0 heterocycles. The van der Waals surface area contributed by atoms with Crippen molar-refractivity contribution in [3.05, 3.63) is 28.8 Å².